The summed E-state index contributed by atoms with van der Waals surface area (Å²) in [5, 5.41) is 10.8. The van der Waals surface area contributed by atoms with Crippen LogP contribution >= 0.6 is 11.6 Å². The van der Waals surface area contributed by atoms with Gasteiger partial charge in [-0.25, -0.2) is 0 Å². The van der Waals surface area contributed by atoms with Gasteiger partial charge in [0.2, 0.25) is 0 Å². The number of benzene rings is 2. The number of rotatable bonds is 8. The van der Waals surface area contributed by atoms with E-state index in [0.717, 1.165) is 40.0 Å². The number of halogens is 1. The Morgan fingerprint density at radius 2 is 1.91 bits per heavy atom. The molecule has 0 bridgehead atoms. The molecule has 0 saturated heterocycles. The summed E-state index contributed by atoms with van der Waals surface area (Å²) in [6, 6.07) is 13.2. The standard InChI is InChI=1S/C24H25ClN4O3/c1-4-28-14-17-7-6-16(10-21(17)26-28)15-32-24(30)13-19-12-22(27-29(19)5-2)20-9-8-18(25)11-23(20)31-3/h6-12,14H,4-5,13,15H2,1-3H3. The Balaban J connectivity index is 1.46. The zero-order valence-electron chi connectivity index (χ0n) is 18.3. The van der Waals surface area contributed by atoms with Crippen molar-refractivity contribution in [1.29, 1.82) is 0 Å². The highest BCUT2D eigenvalue weighted by Crippen LogP contribution is 2.32. The van der Waals surface area contributed by atoms with E-state index in [1.54, 1.807) is 23.9 Å². The SMILES string of the molecule is CCn1cc2ccc(COC(=O)Cc3cc(-c4ccc(Cl)cc4OC)nn3CC)cc2n1. The summed E-state index contributed by atoms with van der Waals surface area (Å²) >= 11 is 6.07. The summed E-state index contributed by atoms with van der Waals surface area (Å²) in [7, 11) is 1.59. The van der Waals surface area contributed by atoms with Crippen LogP contribution in [0.4, 0.5) is 0 Å². The van der Waals surface area contributed by atoms with Crippen LogP contribution in [-0.2, 0) is 35.6 Å². The van der Waals surface area contributed by atoms with Crippen LogP contribution in [0.1, 0.15) is 25.1 Å². The van der Waals surface area contributed by atoms with Crippen LogP contribution in [0, 0.1) is 0 Å². The number of ether oxygens (including phenoxy) is 2. The highest BCUT2D eigenvalue weighted by Gasteiger charge is 2.16. The molecule has 0 radical (unpaired) electrons. The summed E-state index contributed by atoms with van der Waals surface area (Å²) in [6.45, 7) is 5.68. The average molecular weight is 453 g/mol. The van der Waals surface area contributed by atoms with Crippen LogP contribution < -0.4 is 4.74 Å². The van der Waals surface area contributed by atoms with Crippen LogP contribution in [0.25, 0.3) is 22.2 Å². The second kappa shape index (κ2) is 9.44. The topological polar surface area (TPSA) is 71.2 Å². The Labute approximate surface area is 191 Å². The minimum atomic E-state index is -0.312. The van der Waals surface area contributed by atoms with Crippen LogP contribution in [0.15, 0.2) is 48.7 Å². The van der Waals surface area contributed by atoms with E-state index in [1.165, 1.54) is 0 Å². The van der Waals surface area contributed by atoms with Gasteiger partial charge >= 0.3 is 5.97 Å². The van der Waals surface area contributed by atoms with E-state index in [4.69, 9.17) is 21.1 Å². The van der Waals surface area contributed by atoms with Crippen LogP contribution in [-0.4, -0.2) is 32.6 Å². The van der Waals surface area contributed by atoms with Gasteiger partial charge in [0.15, 0.2) is 0 Å². The number of hydrogen-bond acceptors (Lipinski definition) is 5. The van der Waals surface area contributed by atoms with Gasteiger partial charge in [0.1, 0.15) is 12.4 Å². The maximum absolute atomic E-state index is 12.6. The van der Waals surface area contributed by atoms with Gasteiger partial charge in [-0.1, -0.05) is 23.7 Å². The van der Waals surface area contributed by atoms with Crippen molar-refractivity contribution in [2.24, 2.45) is 0 Å². The Bertz CT molecular complexity index is 1260. The molecule has 32 heavy (non-hydrogen) atoms. The lowest BCUT2D eigenvalue weighted by atomic mass is 10.1. The smallest absolute Gasteiger partial charge is 0.312 e. The largest absolute Gasteiger partial charge is 0.496 e. The van der Waals surface area contributed by atoms with E-state index in [9.17, 15) is 4.79 Å². The van der Waals surface area contributed by atoms with Crippen molar-refractivity contribution in [3.05, 3.63) is 64.9 Å². The fourth-order valence-electron chi connectivity index (χ4n) is 3.61. The number of methoxy groups -OCH3 is 1. The molecule has 0 aliphatic rings. The van der Waals surface area contributed by atoms with Crippen molar-refractivity contribution in [3.63, 3.8) is 0 Å². The highest BCUT2D eigenvalue weighted by molar-refractivity contribution is 6.30. The summed E-state index contributed by atoms with van der Waals surface area (Å²) in [6.07, 6.45) is 2.13. The quantitative estimate of drug-likeness (QED) is 0.356. The van der Waals surface area contributed by atoms with Crippen molar-refractivity contribution >= 4 is 28.5 Å². The van der Waals surface area contributed by atoms with E-state index < -0.39 is 0 Å². The first-order valence-corrected chi connectivity index (χ1v) is 10.9. The number of esters is 1. The molecule has 2 aromatic heterocycles. The van der Waals surface area contributed by atoms with Crippen molar-refractivity contribution in [2.75, 3.05) is 7.11 Å². The van der Waals surface area contributed by atoms with Gasteiger partial charge in [-0.05, 0) is 49.7 Å². The van der Waals surface area contributed by atoms with Gasteiger partial charge in [-0.2, -0.15) is 10.2 Å². The minimum Gasteiger partial charge on any atom is -0.496 e. The third-order valence-electron chi connectivity index (χ3n) is 5.27. The lowest BCUT2D eigenvalue weighted by Crippen LogP contribution is -2.12. The van der Waals surface area contributed by atoms with Gasteiger partial charge in [-0.15, -0.1) is 0 Å². The first kappa shape index (κ1) is 21.9. The minimum absolute atomic E-state index is 0.128. The molecule has 0 amide bonds. The molecular formula is C24H25ClN4O3. The van der Waals surface area contributed by atoms with E-state index in [0.29, 0.717) is 17.3 Å². The van der Waals surface area contributed by atoms with Gasteiger partial charge in [0.25, 0.3) is 0 Å². The number of nitrogens with zero attached hydrogens (tertiary/aromatic N) is 4. The molecule has 4 aromatic rings. The Kier molecular flexibility index (Phi) is 6.46. The lowest BCUT2D eigenvalue weighted by molar-refractivity contribution is -0.144. The van der Waals surface area contributed by atoms with E-state index in [1.807, 2.05) is 55.1 Å². The first-order valence-electron chi connectivity index (χ1n) is 10.5. The van der Waals surface area contributed by atoms with Crippen molar-refractivity contribution in [3.8, 4) is 17.0 Å². The molecule has 2 heterocycles. The predicted molar refractivity (Wildman–Crippen MR) is 124 cm³/mol. The molecule has 7 nitrogen and oxygen atoms in total. The summed E-state index contributed by atoms with van der Waals surface area (Å²) in [4.78, 5) is 12.6. The molecule has 0 saturated carbocycles. The van der Waals surface area contributed by atoms with Gasteiger partial charge in [-0.3, -0.25) is 14.2 Å². The number of hydrogen-bond donors (Lipinski definition) is 0. The second-order valence-corrected chi connectivity index (χ2v) is 7.83. The third kappa shape index (κ3) is 4.62. The number of aryl methyl sites for hydroxylation is 2. The third-order valence-corrected chi connectivity index (χ3v) is 5.51. The molecule has 0 atom stereocenters. The lowest BCUT2D eigenvalue weighted by Gasteiger charge is -2.06. The molecular weight excluding hydrogens is 428 g/mol. The molecule has 0 N–H and O–H groups in total. The predicted octanol–water partition coefficient (Wildman–Crippen LogP) is 4.89. The van der Waals surface area contributed by atoms with Crippen LogP contribution in [0.5, 0.6) is 5.75 Å². The molecule has 8 heteroatoms. The molecule has 0 unspecified atom stereocenters. The maximum atomic E-state index is 12.6. The molecule has 0 spiro atoms. The maximum Gasteiger partial charge on any atom is 0.312 e. The number of carbonyl (C=O) groups excluding carboxylic acids is 1. The zero-order chi connectivity index (χ0) is 22.7. The number of fused-ring (bicyclic) bond motifs is 1. The molecule has 0 aliphatic heterocycles. The number of aromatic nitrogens is 4. The Morgan fingerprint density at radius 3 is 2.66 bits per heavy atom. The molecule has 0 fully saturated rings. The molecule has 4 rings (SSSR count). The summed E-state index contributed by atoms with van der Waals surface area (Å²) in [5.74, 6) is 0.321. The van der Waals surface area contributed by atoms with Crippen LogP contribution in [0.2, 0.25) is 5.02 Å². The highest BCUT2D eigenvalue weighted by atomic mass is 35.5. The van der Waals surface area contributed by atoms with Crippen molar-refractivity contribution in [1.82, 2.24) is 19.6 Å². The van der Waals surface area contributed by atoms with Crippen LogP contribution in [0.3, 0.4) is 0 Å². The average Bonchev–Trinajstić information content (AvgIpc) is 3.40. The van der Waals surface area contributed by atoms with Gasteiger partial charge in [0, 0.05) is 35.3 Å². The van der Waals surface area contributed by atoms with E-state index in [-0.39, 0.29) is 19.0 Å². The Hall–Kier alpha value is -3.32. The fraction of sp³-hybridized carbons (Fsp3) is 0.292. The summed E-state index contributed by atoms with van der Waals surface area (Å²) < 4.78 is 14.7. The van der Waals surface area contributed by atoms with E-state index in [2.05, 4.69) is 10.2 Å². The van der Waals surface area contributed by atoms with E-state index >= 15 is 0 Å². The first-order chi connectivity index (χ1) is 15.5. The zero-order valence-corrected chi connectivity index (χ0v) is 19.1. The fourth-order valence-corrected chi connectivity index (χ4v) is 3.77. The van der Waals surface area contributed by atoms with Crippen molar-refractivity contribution in [2.45, 2.75) is 40.0 Å². The molecule has 2 aromatic carbocycles. The summed E-state index contributed by atoms with van der Waals surface area (Å²) in [5.41, 5.74) is 4.12. The monoisotopic (exact) mass is 452 g/mol. The van der Waals surface area contributed by atoms with Gasteiger partial charge < -0.3 is 9.47 Å². The Morgan fingerprint density at radius 1 is 1.06 bits per heavy atom. The van der Waals surface area contributed by atoms with Gasteiger partial charge in [0.05, 0.1) is 30.4 Å². The normalized spacial score (nSPS) is 11.1. The second-order valence-electron chi connectivity index (χ2n) is 7.40. The molecule has 0 aliphatic carbocycles. The number of carbonyl (C=O) groups is 1. The van der Waals surface area contributed by atoms with Crippen molar-refractivity contribution < 1.29 is 14.3 Å². The molecule has 166 valence electrons.